The molecular weight excluding hydrogens is 214 g/mol. The average Bonchev–Trinajstić information content (AvgIpc) is 2.62. The van der Waals surface area contributed by atoms with Crippen molar-refractivity contribution in [2.24, 2.45) is 0 Å². The molecule has 0 spiro atoms. The second kappa shape index (κ2) is 5.99. The van der Waals surface area contributed by atoms with Crippen LogP contribution in [0.3, 0.4) is 0 Å². The van der Waals surface area contributed by atoms with E-state index in [1.54, 1.807) is 0 Å². The van der Waals surface area contributed by atoms with E-state index < -0.39 is 0 Å². The van der Waals surface area contributed by atoms with E-state index in [-0.39, 0.29) is 11.8 Å². The smallest absolute Gasteiger partial charge is 0.253 e. The van der Waals surface area contributed by atoms with Gasteiger partial charge in [-0.05, 0) is 11.5 Å². The summed E-state index contributed by atoms with van der Waals surface area (Å²) in [6, 6.07) is 10.5. The van der Waals surface area contributed by atoms with Crippen LogP contribution in [0.4, 0.5) is 0 Å². The van der Waals surface area contributed by atoms with Gasteiger partial charge in [-0.25, -0.2) is 0 Å². The molecule has 0 fully saturated rings. The fraction of sp³-hybridized carbons (Fsp3) is 0.286. The second-order valence-electron chi connectivity index (χ2n) is 4.13. The Labute approximate surface area is 102 Å². The van der Waals surface area contributed by atoms with E-state index in [4.69, 9.17) is 0 Å². The summed E-state index contributed by atoms with van der Waals surface area (Å²) in [5.41, 5.74) is 1.41. The number of hydrogen-bond donors (Lipinski definition) is 0. The van der Waals surface area contributed by atoms with Crippen molar-refractivity contribution >= 4 is 11.8 Å². The largest absolute Gasteiger partial charge is 0.279 e. The number of hydrogen-bond acceptors (Lipinski definition) is 2. The van der Waals surface area contributed by atoms with Crippen LogP contribution in [0.25, 0.3) is 0 Å². The Kier molecular flexibility index (Phi) is 4.64. The number of benzene rings is 1. The van der Waals surface area contributed by atoms with Crippen molar-refractivity contribution in [2.45, 2.75) is 19.8 Å². The minimum Gasteiger partial charge on any atom is -0.279 e. The molecule has 3 heteroatoms. The molecule has 17 heavy (non-hydrogen) atoms. The molecule has 0 bridgehead atoms. The normalized spacial score (nSPS) is 14.0. The van der Waals surface area contributed by atoms with Crippen LogP contribution in [0.15, 0.2) is 42.5 Å². The second-order valence-corrected chi connectivity index (χ2v) is 4.13. The summed E-state index contributed by atoms with van der Waals surface area (Å²) in [5, 5.41) is 0. The molecule has 1 aromatic carbocycles. The van der Waals surface area contributed by atoms with Crippen LogP contribution in [0.1, 0.15) is 25.3 Å². The zero-order valence-electron chi connectivity index (χ0n) is 10.4. The molecule has 0 unspecified atom stereocenters. The summed E-state index contributed by atoms with van der Waals surface area (Å²) >= 11 is 0. The Hall–Kier alpha value is -1.90. The lowest BCUT2D eigenvalue weighted by molar-refractivity contribution is -0.135. The Morgan fingerprint density at radius 2 is 1.41 bits per heavy atom. The first-order valence-electron chi connectivity index (χ1n) is 5.57. The molecule has 2 amide bonds. The monoisotopic (exact) mass is 231 g/mol. The van der Waals surface area contributed by atoms with E-state index in [2.05, 4.69) is 38.1 Å². The predicted octanol–water partition coefficient (Wildman–Crippen LogP) is 2.35. The SMILES string of the molecule is CC(C)c1ccccc1.CN1C(=O)C=CC1=O. The molecule has 1 aliphatic rings. The average molecular weight is 231 g/mol. The van der Waals surface area contributed by atoms with Crippen LogP contribution < -0.4 is 0 Å². The van der Waals surface area contributed by atoms with Crippen molar-refractivity contribution in [1.82, 2.24) is 4.90 Å². The number of rotatable bonds is 1. The maximum atomic E-state index is 10.4. The minimum absolute atomic E-state index is 0.241. The van der Waals surface area contributed by atoms with E-state index >= 15 is 0 Å². The van der Waals surface area contributed by atoms with Crippen molar-refractivity contribution in [3.8, 4) is 0 Å². The van der Waals surface area contributed by atoms with Gasteiger partial charge in [0.1, 0.15) is 0 Å². The van der Waals surface area contributed by atoms with Crippen LogP contribution in [-0.4, -0.2) is 23.8 Å². The van der Waals surface area contributed by atoms with Crippen LogP contribution >= 0.6 is 0 Å². The van der Waals surface area contributed by atoms with Gasteiger partial charge in [-0.15, -0.1) is 0 Å². The standard InChI is InChI=1S/C9H12.C5H5NO2/c1-8(2)9-6-4-3-5-7-9;1-6-4(7)2-3-5(6)8/h3-8H,1-2H3;2-3H,1H3. The fourth-order valence-electron chi connectivity index (χ4n) is 1.31. The highest BCUT2D eigenvalue weighted by Crippen LogP contribution is 2.11. The number of amides is 2. The molecule has 1 heterocycles. The Bertz CT molecular complexity index is 403. The number of carbonyl (C=O) groups is 2. The summed E-state index contributed by atoms with van der Waals surface area (Å²) in [6.07, 6.45) is 2.50. The third-order valence-electron chi connectivity index (χ3n) is 2.50. The van der Waals surface area contributed by atoms with Gasteiger partial charge < -0.3 is 0 Å². The molecule has 0 atom stereocenters. The summed E-state index contributed by atoms with van der Waals surface area (Å²) < 4.78 is 0. The number of imide groups is 1. The van der Waals surface area contributed by atoms with Crippen molar-refractivity contribution in [3.05, 3.63) is 48.0 Å². The zero-order chi connectivity index (χ0) is 12.8. The topological polar surface area (TPSA) is 37.4 Å². The molecule has 2 rings (SSSR count). The van der Waals surface area contributed by atoms with Gasteiger partial charge in [0.2, 0.25) is 0 Å². The molecule has 0 aromatic heterocycles. The Balaban J connectivity index is 0.000000171. The first kappa shape index (κ1) is 13.2. The van der Waals surface area contributed by atoms with E-state index in [9.17, 15) is 9.59 Å². The van der Waals surface area contributed by atoms with E-state index in [1.165, 1.54) is 24.8 Å². The van der Waals surface area contributed by atoms with Crippen molar-refractivity contribution in [1.29, 1.82) is 0 Å². The number of likely N-dealkylation sites (N-methyl/N-ethyl adjacent to an activating group) is 1. The molecule has 1 aliphatic heterocycles. The summed E-state index contributed by atoms with van der Waals surface area (Å²) in [4.78, 5) is 21.9. The van der Waals surface area contributed by atoms with E-state index in [0.29, 0.717) is 5.92 Å². The van der Waals surface area contributed by atoms with Crippen molar-refractivity contribution in [2.75, 3.05) is 7.05 Å². The van der Waals surface area contributed by atoms with Crippen LogP contribution in [-0.2, 0) is 9.59 Å². The highest BCUT2D eigenvalue weighted by atomic mass is 16.2. The van der Waals surface area contributed by atoms with Gasteiger partial charge in [0, 0.05) is 19.2 Å². The van der Waals surface area contributed by atoms with Gasteiger partial charge in [0.25, 0.3) is 11.8 Å². The molecule has 3 nitrogen and oxygen atoms in total. The zero-order valence-corrected chi connectivity index (χ0v) is 10.4. The summed E-state index contributed by atoms with van der Waals surface area (Å²) in [6.45, 7) is 4.41. The lowest BCUT2D eigenvalue weighted by Crippen LogP contribution is -2.24. The van der Waals surface area contributed by atoms with Crippen LogP contribution in [0.5, 0.6) is 0 Å². The highest BCUT2D eigenvalue weighted by molar-refractivity contribution is 6.12. The molecule has 0 radical (unpaired) electrons. The number of nitrogens with zero attached hydrogens (tertiary/aromatic N) is 1. The van der Waals surface area contributed by atoms with Crippen molar-refractivity contribution < 1.29 is 9.59 Å². The van der Waals surface area contributed by atoms with Gasteiger partial charge in [-0.2, -0.15) is 0 Å². The molecule has 0 N–H and O–H groups in total. The molecule has 0 aliphatic carbocycles. The van der Waals surface area contributed by atoms with E-state index in [0.717, 1.165) is 4.90 Å². The lowest BCUT2D eigenvalue weighted by atomic mass is 10.0. The van der Waals surface area contributed by atoms with Crippen molar-refractivity contribution in [3.63, 3.8) is 0 Å². The molecule has 90 valence electrons. The van der Waals surface area contributed by atoms with Crippen LogP contribution in [0.2, 0.25) is 0 Å². The highest BCUT2D eigenvalue weighted by Gasteiger charge is 2.17. The van der Waals surface area contributed by atoms with Gasteiger partial charge in [0.15, 0.2) is 0 Å². The molecule has 1 aromatic rings. The van der Waals surface area contributed by atoms with Gasteiger partial charge in [-0.1, -0.05) is 44.2 Å². The predicted molar refractivity (Wildman–Crippen MR) is 67.4 cm³/mol. The fourth-order valence-corrected chi connectivity index (χ4v) is 1.31. The lowest BCUT2D eigenvalue weighted by Gasteiger charge is -2.01. The third kappa shape index (κ3) is 3.87. The number of carbonyl (C=O) groups excluding carboxylic acids is 2. The van der Waals surface area contributed by atoms with Gasteiger partial charge in [0.05, 0.1) is 0 Å². The third-order valence-corrected chi connectivity index (χ3v) is 2.50. The minimum atomic E-state index is -0.241. The quantitative estimate of drug-likeness (QED) is 0.696. The molecular formula is C14H17NO2. The summed E-state index contributed by atoms with van der Waals surface area (Å²) in [7, 11) is 1.45. The maximum absolute atomic E-state index is 10.4. The first-order chi connectivity index (χ1) is 8.02. The van der Waals surface area contributed by atoms with E-state index in [1.807, 2.05) is 6.07 Å². The van der Waals surface area contributed by atoms with Gasteiger partial charge in [-0.3, -0.25) is 14.5 Å². The maximum Gasteiger partial charge on any atom is 0.253 e. The molecule has 0 saturated heterocycles. The Morgan fingerprint density at radius 1 is 0.941 bits per heavy atom. The summed E-state index contributed by atoms with van der Waals surface area (Å²) in [5.74, 6) is 0.177. The Morgan fingerprint density at radius 3 is 1.65 bits per heavy atom. The first-order valence-corrected chi connectivity index (χ1v) is 5.57. The molecule has 0 saturated carbocycles. The van der Waals surface area contributed by atoms with Crippen LogP contribution in [0, 0.1) is 0 Å². The van der Waals surface area contributed by atoms with Gasteiger partial charge >= 0.3 is 0 Å².